The maximum Gasteiger partial charge on any atom is 0.134 e. The number of ether oxygens (including phenoxy) is 1. The first-order valence-electron chi connectivity index (χ1n) is 8.69. The summed E-state index contributed by atoms with van der Waals surface area (Å²) >= 11 is 0. The van der Waals surface area contributed by atoms with Crippen molar-refractivity contribution in [3.8, 4) is 5.75 Å². The van der Waals surface area contributed by atoms with Crippen molar-refractivity contribution in [3.63, 3.8) is 0 Å². The van der Waals surface area contributed by atoms with Crippen molar-refractivity contribution < 1.29 is 9.13 Å². The molecule has 1 aromatic heterocycles. The van der Waals surface area contributed by atoms with Crippen LogP contribution in [0, 0.1) is 5.82 Å². The number of fused-ring (bicyclic) bond motifs is 1. The molecule has 3 nitrogen and oxygen atoms in total. The number of benzene rings is 2. The van der Waals surface area contributed by atoms with Crippen LogP contribution in [0.25, 0.3) is 17.0 Å². The first-order valence-corrected chi connectivity index (χ1v) is 8.69. The normalized spacial score (nSPS) is 14.8. The van der Waals surface area contributed by atoms with Gasteiger partial charge in [0.2, 0.25) is 0 Å². The van der Waals surface area contributed by atoms with Gasteiger partial charge < -0.3 is 4.74 Å². The van der Waals surface area contributed by atoms with Crippen LogP contribution in [0.4, 0.5) is 4.39 Å². The zero-order valence-electron chi connectivity index (χ0n) is 15.4. The summed E-state index contributed by atoms with van der Waals surface area (Å²) in [5.74, 6) is 0.230. The Labute approximate surface area is 176 Å². The molecular weight excluding hydrogens is 398 g/mol. The zero-order chi connectivity index (χ0) is 17.9. The first kappa shape index (κ1) is 21.9. The van der Waals surface area contributed by atoms with Crippen LogP contribution in [0.15, 0.2) is 65.3 Å². The third-order valence-corrected chi connectivity index (χ3v) is 4.59. The van der Waals surface area contributed by atoms with Crippen LogP contribution in [0.3, 0.4) is 0 Å². The standard InChI is InChI=1S/C22H19FN2O.2ClH/c1-26-19-8-6-15(20(23)14-19)12-17-5-3-11-25-22(17)18-7-9-21-16(13-18)4-2-10-24-21;;/h2,4,6-10,12-14H,3,5,11H2,1H3;2*1H. The SMILES string of the molecule is COc1ccc(C=C2CCCN=C2c2ccc3ncccc3c2)c(F)c1.Cl.Cl. The summed E-state index contributed by atoms with van der Waals surface area (Å²) in [6, 6.07) is 15.1. The summed E-state index contributed by atoms with van der Waals surface area (Å²) in [5.41, 5.74) is 4.56. The number of allylic oxidation sites excluding steroid dienone is 1. The molecule has 0 radical (unpaired) electrons. The molecule has 1 aliphatic heterocycles. The molecule has 0 fully saturated rings. The highest BCUT2D eigenvalue weighted by Crippen LogP contribution is 2.26. The van der Waals surface area contributed by atoms with E-state index in [4.69, 9.17) is 9.73 Å². The fourth-order valence-electron chi connectivity index (χ4n) is 3.26. The second-order valence-corrected chi connectivity index (χ2v) is 6.30. The van der Waals surface area contributed by atoms with Gasteiger partial charge in [0.25, 0.3) is 0 Å². The maximum absolute atomic E-state index is 14.4. The van der Waals surface area contributed by atoms with Gasteiger partial charge >= 0.3 is 0 Å². The Morgan fingerprint density at radius 1 is 1.07 bits per heavy atom. The summed E-state index contributed by atoms with van der Waals surface area (Å²) in [7, 11) is 1.54. The van der Waals surface area contributed by atoms with E-state index in [1.54, 1.807) is 18.3 Å². The van der Waals surface area contributed by atoms with Gasteiger partial charge in [0, 0.05) is 35.3 Å². The molecule has 0 atom stereocenters. The van der Waals surface area contributed by atoms with E-state index in [9.17, 15) is 4.39 Å². The molecule has 2 aromatic carbocycles. The van der Waals surface area contributed by atoms with Crippen molar-refractivity contribution in [2.75, 3.05) is 13.7 Å². The van der Waals surface area contributed by atoms with E-state index in [0.29, 0.717) is 11.3 Å². The molecule has 6 heteroatoms. The highest BCUT2D eigenvalue weighted by Gasteiger charge is 2.15. The van der Waals surface area contributed by atoms with Crippen LogP contribution in [0.1, 0.15) is 24.0 Å². The summed E-state index contributed by atoms with van der Waals surface area (Å²) in [5, 5.41) is 1.08. The summed E-state index contributed by atoms with van der Waals surface area (Å²) < 4.78 is 19.4. The maximum atomic E-state index is 14.4. The lowest BCUT2D eigenvalue weighted by Gasteiger charge is -2.17. The monoisotopic (exact) mass is 418 g/mol. The minimum Gasteiger partial charge on any atom is -0.497 e. The molecule has 3 aromatic rings. The molecule has 146 valence electrons. The molecule has 0 amide bonds. The lowest BCUT2D eigenvalue weighted by atomic mass is 9.93. The average Bonchev–Trinajstić information content (AvgIpc) is 2.69. The van der Waals surface area contributed by atoms with Crippen molar-refractivity contribution in [2.24, 2.45) is 4.99 Å². The second kappa shape index (κ2) is 9.67. The van der Waals surface area contributed by atoms with E-state index in [1.807, 2.05) is 30.3 Å². The second-order valence-electron chi connectivity index (χ2n) is 6.30. The first-order chi connectivity index (χ1) is 12.7. The number of nitrogens with zero attached hydrogens (tertiary/aromatic N) is 2. The molecule has 4 rings (SSSR count). The quantitative estimate of drug-likeness (QED) is 0.530. The van der Waals surface area contributed by atoms with E-state index >= 15 is 0 Å². The van der Waals surface area contributed by atoms with Crippen LogP contribution >= 0.6 is 24.8 Å². The molecule has 2 heterocycles. The van der Waals surface area contributed by atoms with Gasteiger partial charge in [-0.15, -0.1) is 24.8 Å². The fraction of sp³-hybridized carbons (Fsp3) is 0.182. The largest absolute Gasteiger partial charge is 0.497 e. The van der Waals surface area contributed by atoms with Crippen molar-refractivity contribution in [1.82, 2.24) is 4.98 Å². The Morgan fingerprint density at radius 3 is 2.71 bits per heavy atom. The third-order valence-electron chi connectivity index (χ3n) is 4.59. The molecule has 0 N–H and O–H groups in total. The highest BCUT2D eigenvalue weighted by atomic mass is 35.5. The molecule has 0 saturated carbocycles. The number of hydrogen-bond acceptors (Lipinski definition) is 3. The van der Waals surface area contributed by atoms with E-state index in [1.165, 1.54) is 13.2 Å². The lowest BCUT2D eigenvalue weighted by Crippen LogP contribution is -2.12. The lowest BCUT2D eigenvalue weighted by molar-refractivity contribution is 0.411. The van der Waals surface area contributed by atoms with Crippen LogP contribution in [-0.2, 0) is 0 Å². The Morgan fingerprint density at radius 2 is 1.93 bits per heavy atom. The van der Waals surface area contributed by atoms with E-state index in [0.717, 1.165) is 47.1 Å². The van der Waals surface area contributed by atoms with Crippen LogP contribution in [0.5, 0.6) is 5.75 Å². The number of pyridine rings is 1. The fourth-order valence-corrected chi connectivity index (χ4v) is 3.26. The predicted molar refractivity (Wildman–Crippen MR) is 118 cm³/mol. The van der Waals surface area contributed by atoms with Crippen molar-refractivity contribution in [1.29, 1.82) is 0 Å². The number of rotatable bonds is 3. The minimum atomic E-state index is -0.288. The summed E-state index contributed by atoms with van der Waals surface area (Å²) in [4.78, 5) is 9.09. The smallest absolute Gasteiger partial charge is 0.134 e. The molecule has 0 spiro atoms. The number of aromatic nitrogens is 1. The number of aliphatic imine (C=N–C) groups is 1. The topological polar surface area (TPSA) is 34.5 Å². The van der Waals surface area contributed by atoms with Crippen LogP contribution in [0.2, 0.25) is 0 Å². The van der Waals surface area contributed by atoms with Gasteiger partial charge in [0.1, 0.15) is 11.6 Å². The zero-order valence-corrected chi connectivity index (χ0v) is 17.0. The van der Waals surface area contributed by atoms with Crippen molar-refractivity contribution >= 4 is 47.5 Å². The third kappa shape index (κ3) is 4.51. The number of hydrogen-bond donors (Lipinski definition) is 0. The Balaban J connectivity index is 0.00000140. The van der Waals surface area contributed by atoms with Crippen molar-refractivity contribution in [2.45, 2.75) is 12.8 Å². The van der Waals surface area contributed by atoms with Gasteiger partial charge in [-0.3, -0.25) is 9.98 Å². The molecule has 1 aliphatic rings. The molecule has 28 heavy (non-hydrogen) atoms. The number of halogens is 3. The average molecular weight is 419 g/mol. The van der Waals surface area contributed by atoms with E-state index < -0.39 is 0 Å². The van der Waals surface area contributed by atoms with Gasteiger partial charge in [-0.05, 0) is 54.8 Å². The van der Waals surface area contributed by atoms with Crippen LogP contribution in [-0.4, -0.2) is 24.4 Å². The van der Waals surface area contributed by atoms with E-state index in [2.05, 4.69) is 11.1 Å². The van der Waals surface area contributed by atoms with Crippen LogP contribution < -0.4 is 4.74 Å². The van der Waals surface area contributed by atoms with Crippen molar-refractivity contribution in [3.05, 3.63) is 77.2 Å². The Kier molecular flexibility index (Phi) is 7.55. The summed E-state index contributed by atoms with van der Waals surface area (Å²) in [6.45, 7) is 0.794. The van der Waals surface area contributed by atoms with Gasteiger partial charge in [0.15, 0.2) is 0 Å². The highest BCUT2D eigenvalue weighted by molar-refractivity contribution is 6.16. The number of methoxy groups -OCH3 is 1. The Hall–Kier alpha value is -2.43. The molecular formula is C22H21Cl2FN2O. The summed E-state index contributed by atoms with van der Waals surface area (Å²) in [6.07, 6.45) is 5.55. The minimum absolute atomic E-state index is 0. The van der Waals surface area contributed by atoms with Gasteiger partial charge in [-0.25, -0.2) is 4.39 Å². The van der Waals surface area contributed by atoms with Gasteiger partial charge in [-0.1, -0.05) is 12.1 Å². The molecule has 0 unspecified atom stereocenters. The van der Waals surface area contributed by atoms with E-state index in [-0.39, 0.29) is 30.6 Å². The molecule has 0 saturated heterocycles. The Bertz CT molecular complexity index is 1030. The molecule has 0 bridgehead atoms. The predicted octanol–water partition coefficient (Wildman–Crippen LogP) is 5.89. The van der Waals surface area contributed by atoms with Gasteiger partial charge in [-0.2, -0.15) is 0 Å². The van der Waals surface area contributed by atoms with Gasteiger partial charge in [0.05, 0.1) is 18.3 Å². The molecule has 0 aliphatic carbocycles.